The molecule has 0 spiro atoms. The van der Waals surface area contributed by atoms with E-state index in [1.54, 1.807) is 12.7 Å². The van der Waals surface area contributed by atoms with Crippen molar-refractivity contribution in [3.8, 4) is 0 Å². The first kappa shape index (κ1) is 19.7. The maximum atomic E-state index is 4.70. The fourth-order valence-electron chi connectivity index (χ4n) is 3.08. The van der Waals surface area contributed by atoms with Crippen LogP contribution in [0.5, 0.6) is 0 Å². The monoisotopic (exact) mass is 349 g/mol. The minimum atomic E-state index is 0.891. The second kappa shape index (κ2) is 11.8. The average molecular weight is 350 g/mol. The van der Waals surface area contributed by atoms with Crippen LogP contribution in [-0.2, 0) is 6.54 Å². The molecule has 1 aliphatic rings. The Hall–Kier alpha value is -1.63. The van der Waals surface area contributed by atoms with Gasteiger partial charge in [-0.15, -0.1) is 10.2 Å². The van der Waals surface area contributed by atoms with E-state index >= 15 is 0 Å². The summed E-state index contributed by atoms with van der Waals surface area (Å²) in [6.45, 7) is 11.9. The molecule has 0 aliphatic carbocycles. The SMILES string of the molecule is CCNC(=NCCCN1CCC(C)CC1)NCCCCn1cnnc1. The summed E-state index contributed by atoms with van der Waals surface area (Å²) < 4.78 is 2.01. The van der Waals surface area contributed by atoms with Crippen molar-refractivity contribution >= 4 is 5.96 Å². The molecule has 1 aromatic rings. The molecule has 0 unspecified atom stereocenters. The highest BCUT2D eigenvalue weighted by molar-refractivity contribution is 5.79. The highest BCUT2D eigenvalue weighted by atomic mass is 15.2. The van der Waals surface area contributed by atoms with Crippen LogP contribution in [0.1, 0.15) is 46.0 Å². The fraction of sp³-hybridized carbons (Fsp3) is 0.833. The lowest BCUT2D eigenvalue weighted by Gasteiger charge is -2.29. The van der Waals surface area contributed by atoms with Crippen LogP contribution >= 0.6 is 0 Å². The highest BCUT2D eigenvalue weighted by Crippen LogP contribution is 2.15. The van der Waals surface area contributed by atoms with E-state index in [9.17, 15) is 0 Å². The summed E-state index contributed by atoms with van der Waals surface area (Å²) in [4.78, 5) is 7.29. The van der Waals surface area contributed by atoms with Crippen LogP contribution in [0.4, 0.5) is 0 Å². The lowest BCUT2D eigenvalue weighted by Crippen LogP contribution is -2.38. The summed E-state index contributed by atoms with van der Waals surface area (Å²) in [6.07, 6.45) is 9.58. The molecule has 7 heteroatoms. The molecule has 1 saturated heterocycles. The molecule has 2 N–H and O–H groups in total. The maximum absolute atomic E-state index is 4.70. The normalized spacial score (nSPS) is 17.0. The van der Waals surface area contributed by atoms with Gasteiger partial charge in [-0.3, -0.25) is 4.99 Å². The molecule has 1 aliphatic heterocycles. The van der Waals surface area contributed by atoms with Crippen molar-refractivity contribution in [1.29, 1.82) is 0 Å². The zero-order valence-electron chi connectivity index (χ0n) is 16.0. The van der Waals surface area contributed by atoms with Gasteiger partial charge in [0.2, 0.25) is 0 Å². The first-order valence-electron chi connectivity index (χ1n) is 9.85. The third kappa shape index (κ3) is 8.34. The number of hydrogen-bond donors (Lipinski definition) is 2. The number of nitrogens with one attached hydrogen (secondary N) is 2. The zero-order valence-corrected chi connectivity index (χ0v) is 16.0. The summed E-state index contributed by atoms with van der Waals surface area (Å²) in [5.74, 6) is 1.85. The van der Waals surface area contributed by atoms with E-state index < -0.39 is 0 Å². The summed E-state index contributed by atoms with van der Waals surface area (Å²) in [6, 6.07) is 0. The Morgan fingerprint density at radius 2 is 1.84 bits per heavy atom. The van der Waals surface area contributed by atoms with Crippen molar-refractivity contribution in [1.82, 2.24) is 30.3 Å². The lowest BCUT2D eigenvalue weighted by atomic mass is 9.99. The van der Waals surface area contributed by atoms with Crippen LogP contribution in [-0.4, -0.2) is 64.9 Å². The van der Waals surface area contributed by atoms with Gasteiger partial charge in [0, 0.05) is 26.2 Å². The van der Waals surface area contributed by atoms with Crippen LogP contribution in [0.3, 0.4) is 0 Å². The van der Waals surface area contributed by atoms with Crippen LogP contribution in [0.15, 0.2) is 17.6 Å². The van der Waals surface area contributed by atoms with Gasteiger partial charge in [-0.25, -0.2) is 0 Å². The Bertz CT molecular complexity index is 464. The number of aryl methyl sites for hydroxylation is 1. The summed E-state index contributed by atoms with van der Waals surface area (Å²) in [5, 5.41) is 14.4. The predicted octanol–water partition coefficient (Wildman–Crippen LogP) is 1.74. The quantitative estimate of drug-likeness (QED) is 0.382. The molecular formula is C18H35N7. The Kier molecular flexibility index (Phi) is 9.33. The van der Waals surface area contributed by atoms with Crippen LogP contribution < -0.4 is 10.6 Å². The largest absolute Gasteiger partial charge is 0.357 e. The van der Waals surface area contributed by atoms with Crippen LogP contribution in [0.25, 0.3) is 0 Å². The highest BCUT2D eigenvalue weighted by Gasteiger charge is 2.14. The minimum Gasteiger partial charge on any atom is -0.357 e. The standard InChI is InChI=1S/C18H35N7/c1-3-19-18(20-9-4-5-11-25-15-22-23-16-25)21-10-6-12-24-13-7-17(2)8-14-24/h15-17H,3-14H2,1-2H3,(H2,19,20,21). The smallest absolute Gasteiger partial charge is 0.191 e. The number of unbranched alkanes of at least 4 members (excludes halogenated alkanes) is 1. The second-order valence-corrected chi connectivity index (χ2v) is 6.97. The first-order chi connectivity index (χ1) is 12.3. The molecule has 0 bridgehead atoms. The Labute approximate surface area is 152 Å². The summed E-state index contributed by atoms with van der Waals surface area (Å²) in [5.41, 5.74) is 0. The molecule has 0 amide bonds. The molecule has 25 heavy (non-hydrogen) atoms. The van der Waals surface area contributed by atoms with Gasteiger partial charge in [0.1, 0.15) is 12.7 Å². The van der Waals surface area contributed by atoms with Crippen molar-refractivity contribution in [2.45, 2.75) is 52.5 Å². The van der Waals surface area contributed by atoms with Crippen LogP contribution in [0.2, 0.25) is 0 Å². The number of nitrogens with zero attached hydrogens (tertiary/aromatic N) is 5. The van der Waals surface area contributed by atoms with Gasteiger partial charge in [0.05, 0.1) is 0 Å². The topological polar surface area (TPSA) is 70.4 Å². The Morgan fingerprint density at radius 1 is 1.08 bits per heavy atom. The molecule has 0 saturated carbocycles. The van der Waals surface area contributed by atoms with E-state index in [4.69, 9.17) is 4.99 Å². The molecule has 1 fully saturated rings. The third-order valence-corrected chi connectivity index (χ3v) is 4.72. The van der Waals surface area contributed by atoms with Gasteiger partial charge in [0.25, 0.3) is 0 Å². The van der Waals surface area contributed by atoms with Gasteiger partial charge in [0.15, 0.2) is 5.96 Å². The molecular weight excluding hydrogens is 314 g/mol. The van der Waals surface area contributed by atoms with Gasteiger partial charge in [-0.05, 0) is 64.6 Å². The molecule has 0 radical (unpaired) electrons. The molecule has 2 heterocycles. The summed E-state index contributed by atoms with van der Waals surface area (Å²) >= 11 is 0. The first-order valence-corrected chi connectivity index (χ1v) is 9.85. The van der Waals surface area contributed by atoms with Crippen molar-refractivity contribution in [2.75, 3.05) is 39.3 Å². The molecule has 0 atom stereocenters. The number of rotatable bonds is 10. The second-order valence-electron chi connectivity index (χ2n) is 6.97. The van der Waals surface area contributed by atoms with Crippen LogP contribution in [0, 0.1) is 5.92 Å². The predicted molar refractivity (Wildman–Crippen MR) is 103 cm³/mol. The van der Waals surface area contributed by atoms with Crippen molar-refractivity contribution in [3.63, 3.8) is 0 Å². The van der Waals surface area contributed by atoms with Gasteiger partial charge < -0.3 is 20.1 Å². The number of hydrogen-bond acceptors (Lipinski definition) is 4. The van der Waals surface area contributed by atoms with E-state index in [0.29, 0.717) is 0 Å². The third-order valence-electron chi connectivity index (χ3n) is 4.72. The maximum Gasteiger partial charge on any atom is 0.191 e. The molecule has 7 nitrogen and oxygen atoms in total. The number of piperidine rings is 1. The van der Waals surface area contributed by atoms with Crippen molar-refractivity contribution < 1.29 is 0 Å². The van der Waals surface area contributed by atoms with E-state index in [1.165, 1.54) is 32.5 Å². The summed E-state index contributed by atoms with van der Waals surface area (Å²) in [7, 11) is 0. The lowest BCUT2D eigenvalue weighted by molar-refractivity contribution is 0.192. The van der Waals surface area contributed by atoms with E-state index in [-0.39, 0.29) is 0 Å². The fourth-order valence-corrected chi connectivity index (χ4v) is 3.08. The van der Waals surface area contributed by atoms with E-state index in [0.717, 1.165) is 57.3 Å². The van der Waals surface area contributed by atoms with Crippen molar-refractivity contribution in [3.05, 3.63) is 12.7 Å². The number of guanidine groups is 1. The average Bonchev–Trinajstić information content (AvgIpc) is 3.13. The number of aromatic nitrogens is 3. The number of likely N-dealkylation sites (tertiary alicyclic amines) is 1. The molecule has 0 aromatic carbocycles. The molecule has 2 rings (SSSR count). The van der Waals surface area contributed by atoms with E-state index in [2.05, 4.69) is 39.6 Å². The van der Waals surface area contributed by atoms with Crippen molar-refractivity contribution in [2.24, 2.45) is 10.9 Å². The van der Waals surface area contributed by atoms with E-state index in [1.807, 2.05) is 4.57 Å². The minimum absolute atomic E-state index is 0.891. The van der Waals surface area contributed by atoms with Gasteiger partial charge in [-0.1, -0.05) is 6.92 Å². The van der Waals surface area contributed by atoms with Gasteiger partial charge >= 0.3 is 0 Å². The Morgan fingerprint density at radius 3 is 2.56 bits per heavy atom. The number of aliphatic imine (C=N–C) groups is 1. The molecule has 142 valence electrons. The molecule has 1 aromatic heterocycles. The Balaban J connectivity index is 1.55. The van der Waals surface area contributed by atoms with Gasteiger partial charge in [-0.2, -0.15) is 0 Å². The zero-order chi connectivity index (χ0) is 17.7.